The van der Waals surface area contributed by atoms with Crippen molar-refractivity contribution in [3.63, 3.8) is 0 Å². The minimum atomic E-state index is -0.459. The molecule has 0 amide bonds. The molecule has 0 heterocycles. The molecule has 0 radical (unpaired) electrons. The molecule has 1 N–H and O–H groups in total. The van der Waals surface area contributed by atoms with Crippen LogP contribution in [0.2, 0.25) is 0 Å². The Labute approximate surface area is 213 Å². The van der Waals surface area contributed by atoms with Crippen LogP contribution in [0.3, 0.4) is 0 Å². The third-order valence-electron chi connectivity index (χ3n) is 11.1. The van der Waals surface area contributed by atoms with Gasteiger partial charge in [-0.3, -0.25) is 4.79 Å². The van der Waals surface area contributed by atoms with Crippen LogP contribution in [0.4, 0.5) is 0 Å². The fourth-order valence-corrected chi connectivity index (χ4v) is 9.27. The largest absolute Gasteiger partial charge is 0.463 e. The maximum Gasteiger partial charge on any atom is 0.344 e. The third kappa shape index (κ3) is 5.45. The van der Waals surface area contributed by atoms with E-state index in [0.717, 1.165) is 37.0 Å². The lowest BCUT2D eigenvalue weighted by Crippen LogP contribution is -2.54. The minimum Gasteiger partial charge on any atom is -0.463 e. The molecule has 1 unspecified atom stereocenters. The number of esters is 2. The smallest absolute Gasteiger partial charge is 0.344 e. The van der Waals surface area contributed by atoms with E-state index in [1.54, 1.807) is 0 Å². The summed E-state index contributed by atoms with van der Waals surface area (Å²) in [7, 11) is 0. The van der Waals surface area contributed by atoms with Crippen molar-refractivity contribution in [2.45, 2.75) is 111 Å². The van der Waals surface area contributed by atoms with Gasteiger partial charge in [-0.25, -0.2) is 4.79 Å². The lowest BCUT2D eigenvalue weighted by molar-refractivity contribution is -0.159. The molecule has 4 aliphatic carbocycles. The van der Waals surface area contributed by atoms with E-state index in [9.17, 15) is 14.7 Å². The average molecular weight is 491 g/mol. The summed E-state index contributed by atoms with van der Waals surface area (Å²) in [6.45, 7) is 11.5. The lowest BCUT2D eigenvalue weighted by atomic mass is 9.44. The van der Waals surface area contributed by atoms with Gasteiger partial charge >= 0.3 is 11.9 Å². The monoisotopic (exact) mass is 490 g/mol. The van der Waals surface area contributed by atoms with Crippen molar-refractivity contribution in [3.05, 3.63) is 0 Å². The topological polar surface area (TPSA) is 72.8 Å². The molecule has 0 aromatic heterocycles. The van der Waals surface area contributed by atoms with Crippen molar-refractivity contribution in [1.29, 1.82) is 0 Å². The minimum absolute atomic E-state index is 0.0763. The first-order chi connectivity index (χ1) is 16.5. The molecule has 9 atom stereocenters. The molecule has 4 saturated carbocycles. The number of rotatable bonds is 8. The van der Waals surface area contributed by atoms with Crippen LogP contribution in [0.25, 0.3) is 0 Å². The first kappa shape index (κ1) is 26.9. The Morgan fingerprint density at radius 2 is 1.60 bits per heavy atom. The predicted molar refractivity (Wildman–Crippen MR) is 136 cm³/mol. The van der Waals surface area contributed by atoms with Crippen molar-refractivity contribution in [2.75, 3.05) is 13.2 Å². The molecule has 200 valence electrons. The molecule has 4 aliphatic rings. The summed E-state index contributed by atoms with van der Waals surface area (Å²) >= 11 is 0. The van der Waals surface area contributed by atoms with Crippen molar-refractivity contribution >= 4 is 11.9 Å². The van der Waals surface area contributed by atoms with Gasteiger partial charge in [-0.15, -0.1) is 0 Å². The van der Waals surface area contributed by atoms with Gasteiger partial charge in [0.15, 0.2) is 6.61 Å². The number of aliphatic hydroxyl groups is 1. The van der Waals surface area contributed by atoms with Gasteiger partial charge in [0.2, 0.25) is 0 Å². The molecule has 4 rings (SSSR count). The van der Waals surface area contributed by atoms with Crippen LogP contribution in [0.15, 0.2) is 0 Å². The summed E-state index contributed by atoms with van der Waals surface area (Å²) < 4.78 is 10.3. The van der Waals surface area contributed by atoms with Crippen molar-refractivity contribution < 1.29 is 24.2 Å². The highest BCUT2D eigenvalue weighted by atomic mass is 16.6. The van der Waals surface area contributed by atoms with Gasteiger partial charge in [-0.2, -0.15) is 0 Å². The fourth-order valence-electron chi connectivity index (χ4n) is 9.27. The molecule has 0 spiro atoms. The van der Waals surface area contributed by atoms with E-state index in [0.29, 0.717) is 41.6 Å². The van der Waals surface area contributed by atoms with E-state index in [1.807, 2.05) is 13.8 Å². The zero-order valence-electron chi connectivity index (χ0n) is 22.9. The molecule has 4 fully saturated rings. The van der Waals surface area contributed by atoms with Crippen LogP contribution in [-0.2, 0) is 19.1 Å². The van der Waals surface area contributed by atoms with E-state index >= 15 is 0 Å². The van der Waals surface area contributed by atoms with Gasteiger partial charge < -0.3 is 14.6 Å². The van der Waals surface area contributed by atoms with E-state index in [2.05, 4.69) is 20.8 Å². The van der Waals surface area contributed by atoms with E-state index < -0.39 is 5.97 Å². The Kier molecular flexibility index (Phi) is 8.25. The standard InChI is InChI=1S/C30H50O5/c1-19(2)17-34-28(33)18-35-27(32)11-6-20(3)24-9-10-25-23-8-7-21-16-22(31)12-14-29(21,4)26(23)13-15-30(24,25)5/h19-26,31H,6-18H2,1-5H3/t20-,21?,22-,23+,24-,25+,26+,29+,30-/m1/s1. The molecule has 0 aromatic rings. The van der Waals surface area contributed by atoms with Gasteiger partial charge in [-0.05, 0) is 116 Å². The number of ether oxygens (including phenoxy) is 2. The van der Waals surface area contributed by atoms with Crippen molar-refractivity contribution in [2.24, 2.45) is 52.3 Å². The summed E-state index contributed by atoms with van der Waals surface area (Å²) in [5.41, 5.74) is 0.801. The summed E-state index contributed by atoms with van der Waals surface area (Å²) in [6, 6.07) is 0. The number of hydrogen-bond donors (Lipinski definition) is 1. The Morgan fingerprint density at radius 1 is 0.886 bits per heavy atom. The number of fused-ring (bicyclic) bond motifs is 5. The normalized spacial score (nSPS) is 41.5. The summed E-state index contributed by atoms with van der Waals surface area (Å²) in [6.07, 6.45) is 12.3. The molecular weight excluding hydrogens is 440 g/mol. The molecule has 5 heteroatoms. The van der Waals surface area contributed by atoms with E-state index in [-0.39, 0.29) is 24.6 Å². The SMILES string of the molecule is CC(C)COC(=O)COC(=O)CC[C@@H](C)[C@H]1CC[C@H]2[C@@H]3CCC4C[C@H](O)CC[C@]4(C)[C@H]3CC[C@]12C. The molecule has 5 nitrogen and oxygen atoms in total. The van der Waals surface area contributed by atoms with Crippen LogP contribution >= 0.6 is 0 Å². The Hall–Kier alpha value is -1.10. The second-order valence-corrected chi connectivity index (χ2v) is 13.6. The molecular formula is C30H50O5. The number of carbonyl (C=O) groups is 2. The summed E-state index contributed by atoms with van der Waals surface area (Å²) in [4.78, 5) is 24.0. The van der Waals surface area contributed by atoms with Gasteiger partial charge in [0, 0.05) is 6.42 Å². The fraction of sp³-hybridized carbons (Fsp3) is 0.933. The summed E-state index contributed by atoms with van der Waals surface area (Å²) in [5, 5.41) is 10.3. The highest BCUT2D eigenvalue weighted by molar-refractivity contribution is 5.76. The first-order valence-corrected chi connectivity index (χ1v) is 14.5. The van der Waals surface area contributed by atoms with Gasteiger partial charge in [0.1, 0.15) is 0 Å². The predicted octanol–water partition coefficient (Wildman–Crippen LogP) is 6.16. The van der Waals surface area contributed by atoms with Gasteiger partial charge in [-0.1, -0.05) is 34.6 Å². The molecule has 0 bridgehead atoms. The number of aliphatic hydroxyl groups excluding tert-OH is 1. The van der Waals surface area contributed by atoms with Crippen LogP contribution < -0.4 is 0 Å². The third-order valence-corrected chi connectivity index (χ3v) is 11.1. The van der Waals surface area contributed by atoms with Crippen molar-refractivity contribution in [1.82, 2.24) is 0 Å². The van der Waals surface area contributed by atoms with E-state index in [1.165, 1.54) is 44.9 Å². The van der Waals surface area contributed by atoms with E-state index in [4.69, 9.17) is 9.47 Å². The maximum atomic E-state index is 12.3. The lowest BCUT2D eigenvalue weighted by Gasteiger charge is -2.61. The summed E-state index contributed by atoms with van der Waals surface area (Å²) in [5.74, 6) is 3.86. The van der Waals surface area contributed by atoms with Crippen LogP contribution in [0, 0.1) is 52.3 Å². The molecule has 0 aromatic carbocycles. The molecule has 35 heavy (non-hydrogen) atoms. The van der Waals surface area contributed by atoms with Crippen LogP contribution in [0.1, 0.15) is 105 Å². The second kappa shape index (κ2) is 10.7. The second-order valence-electron chi connectivity index (χ2n) is 13.6. The molecule has 0 aliphatic heterocycles. The quantitative estimate of drug-likeness (QED) is 0.412. The van der Waals surface area contributed by atoms with Gasteiger partial charge in [0.05, 0.1) is 12.7 Å². The zero-order valence-corrected chi connectivity index (χ0v) is 22.9. The zero-order chi connectivity index (χ0) is 25.4. The number of carbonyl (C=O) groups excluding carboxylic acids is 2. The van der Waals surface area contributed by atoms with Gasteiger partial charge in [0.25, 0.3) is 0 Å². The maximum absolute atomic E-state index is 12.3. The average Bonchev–Trinajstić information content (AvgIpc) is 3.17. The first-order valence-electron chi connectivity index (χ1n) is 14.5. The highest BCUT2D eigenvalue weighted by Gasteiger charge is 2.60. The van der Waals surface area contributed by atoms with Crippen LogP contribution in [0.5, 0.6) is 0 Å². The Bertz CT molecular complexity index is 764. The van der Waals surface area contributed by atoms with Crippen LogP contribution in [-0.4, -0.2) is 36.4 Å². The highest BCUT2D eigenvalue weighted by Crippen LogP contribution is 2.68. The Morgan fingerprint density at radius 3 is 2.34 bits per heavy atom. The molecule has 0 saturated heterocycles. The number of hydrogen-bond acceptors (Lipinski definition) is 5. The Balaban J connectivity index is 1.30. The van der Waals surface area contributed by atoms with Crippen molar-refractivity contribution in [3.8, 4) is 0 Å².